The fourth-order valence-corrected chi connectivity index (χ4v) is 7.24. The molecular formula is C32H16N4O9S2. The van der Waals surface area contributed by atoms with E-state index in [0.29, 0.717) is 15.8 Å². The molecule has 1 aliphatic carbocycles. The third-order valence-corrected chi connectivity index (χ3v) is 9.50. The molecule has 1 aliphatic rings. The molecule has 0 aliphatic heterocycles. The lowest BCUT2D eigenvalue weighted by Crippen LogP contribution is -2.23. The molecule has 230 valence electrons. The highest BCUT2D eigenvalue weighted by atomic mass is 32.2. The number of anilines is 2. The van der Waals surface area contributed by atoms with E-state index < -0.39 is 44.5 Å². The van der Waals surface area contributed by atoms with Gasteiger partial charge in [-0.05, 0) is 54.1 Å². The molecule has 15 heteroatoms. The summed E-state index contributed by atoms with van der Waals surface area (Å²) in [7, 11) is -4.46. The van der Waals surface area contributed by atoms with E-state index in [-0.39, 0.29) is 54.7 Å². The molecule has 47 heavy (non-hydrogen) atoms. The van der Waals surface area contributed by atoms with Crippen LogP contribution in [0.25, 0.3) is 42.8 Å². The van der Waals surface area contributed by atoms with E-state index in [4.69, 9.17) is 6.57 Å². The van der Waals surface area contributed by atoms with Crippen LogP contribution in [0.1, 0.15) is 36.6 Å². The van der Waals surface area contributed by atoms with Crippen molar-refractivity contribution in [2.24, 2.45) is 0 Å². The predicted octanol–water partition coefficient (Wildman–Crippen LogP) is 5.75. The summed E-state index contributed by atoms with van der Waals surface area (Å²) >= 11 is 1.06. The number of benzene rings is 4. The smallest absolute Gasteiger partial charge is 0.336 e. The second kappa shape index (κ2) is 10.4. The van der Waals surface area contributed by atoms with E-state index in [1.807, 2.05) is 0 Å². The van der Waals surface area contributed by atoms with Gasteiger partial charge in [-0.25, -0.2) is 19.4 Å². The molecule has 0 radical (unpaired) electrons. The van der Waals surface area contributed by atoms with Gasteiger partial charge in [0.15, 0.2) is 10.9 Å². The number of hydrogen-bond donors (Lipinski definition) is 4. The number of carbonyl (C=O) groups is 3. The van der Waals surface area contributed by atoms with Gasteiger partial charge in [0.1, 0.15) is 0 Å². The maximum atomic E-state index is 14.2. The van der Waals surface area contributed by atoms with Crippen LogP contribution in [-0.4, -0.2) is 50.5 Å². The van der Waals surface area contributed by atoms with Gasteiger partial charge in [0.2, 0.25) is 0 Å². The molecule has 7 rings (SSSR count). The van der Waals surface area contributed by atoms with Gasteiger partial charge >= 0.3 is 11.9 Å². The average molecular weight is 665 g/mol. The van der Waals surface area contributed by atoms with E-state index in [2.05, 4.69) is 15.1 Å². The van der Waals surface area contributed by atoms with E-state index in [9.17, 15) is 42.4 Å². The van der Waals surface area contributed by atoms with Crippen molar-refractivity contribution in [1.29, 1.82) is 0 Å². The van der Waals surface area contributed by atoms with Crippen LogP contribution >= 0.6 is 11.3 Å². The summed E-state index contributed by atoms with van der Waals surface area (Å²) in [5.41, 5.74) is -0.560. The molecule has 0 spiro atoms. The summed E-state index contributed by atoms with van der Waals surface area (Å²) in [6, 6.07) is 16.7. The van der Waals surface area contributed by atoms with Crippen molar-refractivity contribution in [2.45, 2.75) is 4.90 Å². The van der Waals surface area contributed by atoms with Crippen molar-refractivity contribution in [2.75, 3.05) is 5.32 Å². The number of aromatic nitrogens is 2. The molecule has 4 N–H and O–H groups in total. The number of fused-ring (bicyclic) bond motifs is 3. The highest BCUT2D eigenvalue weighted by molar-refractivity contribution is 7.85. The molecule has 0 saturated carbocycles. The number of hydrogen-bond acceptors (Lipinski definition) is 9. The first-order valence-electron chi connectivity index (χ1n) is 13.4. The Balaban J connectivity index is 1.53. The van der Waals surface area contributed by atoms with Crippen LogP contribution in [0.4, 0.5) is 16.5 Å². The fraction of sp³-hybridized carbons (Fsp3) is 0. The molecule has 13 nitrogen and oxygen atoms in total. The summed E-state index contributed by atoms with van der Waals surface area (Å²) in [5, 5.41) is 22.8. The molecule has 2 heterocycles. The normalized spacial score (nSPS) is 12.1. The number of aromatic carboxylic acids is 2. The second-order valence-corrected chi connectivity index (χ2v) is 12.8. The number of carboxylic acids is 2. The number of pyridine rings is 1. The molecule has 4 aromatic carbocycles. The minimum Gasteiger partial charge on any atom is -0.478 e. The molecular weight excluding hydrogens is 649 g/mol. The average Bonchev–Trinajstić information content (AvgIpc) is 3.44. The maximum absolute atomic E-state index is 14.2. The number of ketones is 1. The molecule has 0 saturated heterocycles. The fourth-order valence-electron chi connectivity index (χ4n) is 5.74. The summed E-state index contributed by atoms with van der Waals surface area (Å²) in [4.78, 5) is 59.5. The minimum absolute atomic E-state index is 0.0346. The number of rotatable bonds is 6. The van der Waals surface area contributed by atoms with Crippen molar-refractivity contribution in [3.63, 3.8) is 0 Å². The Hall–Kier alpha value is -6.21. The lowest BCUT2D eigenvalue weighted by atomic mass is 9.82. The number of nitrogens with zero attached hydrogens (tertiary/aromatic N) is 3. The maximum Gasteiger partial charge on any atom is 0.336 e. The first-order chi connectivity index (χ1) is 22.4. The van der Waals surface area contributed by atoms with Crippen LogP contribution in [0.2, 0.25) is 0 Å². The molecule has 0 atom stereocenters. The van der Waals surface area contributed by atoms with E-state index in [1.165, 1.54) is 36.4 Å². The zero-order valence-corrected chi connectivity index (χ0v) is 25.0. The number of nitrogens with one attached hydrogen (secondary N) is 1. The Kier molecular flexibility index (Phi) is 6.54. The van der Waals surface area contributed by atoms with E-state index >= 15 is 0 Å². The van der Waals surface area contributed by atoms with Gasteiger partial charge in [-0.2, -0.15) is 8.42 Å². The molecule has 0 unspecified atom stereocenters. The summed E-state index contributed by atoms with van der Waals surface area (Å²) in [5.74, 6) is -3.47. The van der Waals surface area contributed by atoms with Crippen molar-refractivity contribution < 1.29 is 37.6 Å². The zero-order chi connectivity index (χ0) is 33.4. The summed E-state index contributed by atoms with van der Waals surface area (Å²) in [6.45, 7) is 7.98. The van der Waals surface area contributed by atoms with Crippen LogP contribution in [0.15, 0.2) is 82.5 Å². The molecule has 2 aromatic heterocycles. The molecule has 0 bridgehead atoms. The number of carboxylic acid groups (broad SMARTS) is 2. The SMILES string of the molecule is [C-]#[N+]c1c2c3c(c(Nc4nc5ccc(S(=O)(=O)O)cc5s4)ccc3n(-c3ccc(C(=O)O)c(C(=O)O)c3)c1=O)C(=O)c1ccccc1-2. The zero-order valence-electron chi connectivity index (χ0n) is 23.4. The Labute approximate surface area is 267 Å². The first-order valence-corrected chi connectivity index (χ1v) is 15.7. The van der Waals surface area contributed by atoms with Gasteiger partial charge in [0, 0.05) is 22.2 Å². The Morgan fingerprint density at radius 2 is 1.62 bits per heavy atom. The largest absolute Gasteiger partial charge is 0.478 e. The van der Waals surface area contributed by atoms with Gasteiger partial charge in [-0.1, -0.05) is 35.6 Å². The van der Waals surface area contributed by atoms with Crippen LogP contribution in [0, 0.1) is 6.57 Å². The van der Waals surface area contributed by atoms with Gasteiger partial charge in [0.05, 0.1) is 49.6 Å². The van der Waals surface area contributed by atoms with Crippen LogP contribution in [-0.2, 0) is 10.1 Å². The molecule has 6 aromatic rings. The number of carbonyl (C=O) groups excluding carboxylic acids is 1. The van der Waals surface area contributed by atoms with Crippen LogP contribution < -0.4 is 10.9 Å². The topological polar surface area (TPSA) is 197 Å². The first kappa shape index (κ1) is 29.5. The Morgan fingerprint density at radius 3 is 2.30 bits per heavy atom. The third kappa shape index (κ3) is 4.55. The highest BCUT2D eigenvalue weighted by Crippen LogP contribution is 2.46. The van der Waals surface area contributed by atoms with Crippen LogP contribution in [0.3, 0.4) is 0 Å². The van der Waals surface area contributed by atoms with E-state index in [0.717, 1.165) is 28.0 Å². The Morgan fingerprint density at radius 1 is 0.894 bits per heavy atom. The van der Waals surface area contributed by atoms with Crippen molar-refractivity contribution in [3.05, 3.63) is 117 Å². The van der Waals surface area contributed by atoms with Gasteiger partial charge in [-0.15, -0.1) is 0 Å². The van der Waals surface area contributed by atoms with Gasteiger partial charge < -0.3 is 15.5 Å². The number of thiazole rings is 1. The minimum atomic E-state index is -4.46. The quantitative estimate of drug-likeness (QED) is 0.125. The van der Waals surface area contributed by atoms with Crippen molar-refractivity contribution >= 4 is 76.8 Å². The second-order valence-electron chi connectivity index (χ2n) is 10.3. The third-order valence-electron chi connectivity index (χ3n) is 7.72. The summed E-state index contributed by atoms with van der Waals surface area (Å²) in [6.07, 6.45) is 0. The standard InChI is InChI=1S/C32H16N4O9S2/c1-33-27-24-16-4-2-3-5-17(16)28(37)25-21(35-32-34-20-9-7-15(47(43,44)45)13-23(20)46-32)10-11-22(26(24)25)36(29(27)38)14-6-8-18(30(39)40)19(12-14)31(41)42/h2-13H,(H,34,35)(H,39,40)(H,41,42)(H,43,44,45). The van der Waals surface area contributed by atoms with Gasteiger partial charge in [0.25, 0.3) is 21.4 Å². The monoisotopic (exact) mass is 664 g/mol. The Bertz CT molecular complexity index is 2650. The van der Waals surface area contributed by atoms with Crippen molar-refractivity contribution in [1.82, 2.24) is 9.55 Å². The molecule has 0 amide bonds. The lowest BCUT2D eigenvalue weighted by molar-refractivity contribution is 0.0651. The predicted molar refractivity (Wildman–Crippen MR) is 171 cm³/mol. The summed E-state index contributed by atoms with van der Waals surface area (Å²) < 4.78 is 34.3. The van der Waals surface area contributed by atoms with Gasteiger partial charge in [-0.3, -0.25) is 18.7 Å². The molecule has 0 fully saturated rings. The van der Waals surface area contributed by atoms with Crippen molar-refractivity contribution in [3.8, 4) is 16.8 Å². The highest BCUT2D eigenvalue weighted by Gasteiger charge is 2.33. The van der Waals surface area contributed by atoms with E-state index in [1.54, 1.807) is 24.3 Å². The lowest BCUT2D eigenvalue weighted by Gasteiger charge is -2.25. The van der Waals surface area contributed by atoms with Crippen LogP contribution in [0.5, 0.6) is 0 Å².